The van der Waals surface area contributed by atoms with E-state index in [9.17, 15) is 19.7 Å². The lowest BCUT2D eigenvalue weighted by atomic mass is 10.1. The molecule has 0 aliphatic rings. The fraction of sp³-hybridized carbons (Fsp3) is 0.111. The number of carbonyl (C=O) groups is 2. The topological polar surface area (TPSA) is 89.3 Å². The van der Waals surface area contributed by atoms with Gasteiger partial charge in [-0.05, 0) is 6.07 Å². The molecule has 1 aromatic carbocycles. The number of nitrogens with one attached hydrogen (secondary N) is 1. The summed E-state index contributed by atoms with van der Waals surface area (Å²) in [5.41, 5.74) is 0.161. The summed E-state index contributed by atoms with van der Waals surface area (Å²) in [7, 11) is 0. The third-order valence-corrected chi connectivity index (χ3v) is 1.68. The van der Waals surface area contributed by atoms with Gasteiger partial charge in [-0.15, -0.1) is 0 Å². The largest absolute Gasteiger partial charge is 0.326 e. The zero-order chi connectivity index (χ0) is 11.4. The van der Waals surface area contributed by atoms with Gasteiger partial charge in [0, 0.05) is 24.6 Å². The van der Waals surface area contributed by atoms with E-state index in [1.54, 1.807) is 0 Å². The van der Waals surface area contributed by atoms with Gasteiger partial charge in [0.1, 0.15) is 0 Å². The van der Waals surface area contributed by atoms with Crippen molar-refractivity contribution in [2.45, 2.75) is 6.92 Å². The highest BCUT2D eigenvalue weighted by Crippen LogP contribution is 2.20. The average molecular weight is 208 g/mol. The molecule has 0 aromatic heterocycles. The van der Waals surface area contributed by atoms with Crippen molar-refractivity contribution in [3.63, 3.8) is 0 Å². The number of nitro groups is 1. The monoisotopic (exact) mass is 208 g/mol. The Kier molecular flexibility index (Phi) is 3.12. The first kappa shape index (κ1) is 10.8. The van der Waals surface area contributed by atoms with Gasteiger partial charge in [0.2, 0.25) is 5.91 Å². The van der Waals surface area contributed by atoms with Crippen molar-refractivity contribution in [3.8, 4) is 0 Å². The van der Waals surface area contributed by atoms with Crippen molar-refractivity contribution in [2.75, 3.05) is 5.32 Å². The molecule has 1 aromatic rings. The molecule has 0 radical (unpaired) electrons. The van der Waals surface area contributed by atoms with Crippen molar-refractivity contribution in [3.05, 3.63) is 33.9 Å². The number of hydrogen-bond donors (Lipinski definition) is 1. The van der Waals surface area contributed by atoms with E-state index in [2.05, 4.69) is 5.32 Å². The van der Waals surface area contributed by atoms with E-state index >= 15 is 0 Å². The molecule has 1 amide bonds. The maximum atomic E-state index is 10.7. The Morgan fingerprint density at radius 1 is 1.53 bits per heavy atom. The van der Waals surface area contributed by atoms with Crippen molar-refractivity contribution in [1.82, 2.24) is 0 Å². The summed E-state index contributed by atoms with van der Waals surface area (Å²) in [6, 6.07) is 3.65. The van der Waals surface area contributed by atoms with Crippen LogP contribution in [0, 0.1) is 10.1 Å². The molecule has 0 saturated carbocycles. The van der Waals surface area contributed by atoms with Crippen molar-refractivity contribution in [2.24, 2.45) is 0 Å². The number of hydrogen-bond acceptors (Lipinski definition) is 4. The van der Waals surface area contributed by atoms with Gasteiger partial charge in [-0.1, -0.05) is 0 Å². The maximum absolute atomic E-state index is 10.7. The van der Waals surface area contributed by atoms with E-state index in [-0.39, 0.29) is 22.8 Å². The molecule has 0 aliphatic heterocycles. The number of nitro benzene ring substituents is 1. The number of anilines is 1. The summed E-state index contributed by atoms with van der Waals surface area (Å²) in [6.45, 7) is 1.29. The lowest BCUT2D eigenvalue weighted by Gasteiger charge is -2.04. The standard InChI is InChI=1S/C9H8N2O4/c1-6(13)10-9-3-2-8(11(14)15)4-7(9)5-12/h2-5H,1H3,(H,10,13). The Bertz CT molecular complexity index is 428. The molecule has 1 N–H and O–H groups in total. The maximum Gasteiger partial charge on any atom is 0.270 e. The minimum atomic E-state index is -0.607. The van der Waals surface area contributed by atoms with Gasteiger partial charge in [0.25, 0.3) is 5.69 Å². The highest BCUT2D eigenvalue weighted by atomic mass is 16.6. The summed E-state index contributed by atoms with van der Waals surface area (Å²) in [6.07, 6.45) is 0.457. The second-order valence-electron chi connectivity index (χ2n) is 2.83. The lowest BCUT2D eigenvalue weighted by molar-refractivity contribution is -0.384. The molecule has 0 heterocycles. The van der Waals surface area contributed by atoms with Crippen molar-refractivity contribution >= 4 is 23.6 Å². The van der Waals surface area contributed by atoms with Gasteiger partial charge in [-0.2, -0.15) is 0 Å². The molecule has 1 rings (SSSR count). The molecule has 15 heavy (non-hydrogen) atoms. The first-order valence-corrected chi connectivity index (χ1v) is 4.06. The van der Waals surface area contributed by atoms with Crippen LogP contribution in [0.15, 0.2) is 18.2 Å². The first-order valence-electron chi connectivity index (χ1n) is 4.06. The molecule has 0 spiro atoms. The number of nitrogens with zero attached hydrogens (tertiary/aromatic N) is 1. The van der Waals surface area contributed by atoms with Gasteiger partial charge in [-0.25, -0.2) is 0 Å². The molecular weight excluding hydrogens is 200 g/mol. The molecule has 0 unspecified atom stereocenters. The van der Waals surface area contributed by atoms with E-state index < -0.39 is 4.92 Å². The van der Waals surface area contributed by atoms with Crippen LogP contribution in [0.3, 0.4) is 0 Å². The molecule has 6 nitrogen and oxygen atoms in total. The number of non-ortho nitro benzene ring substituents is 1. The Morgan fingerprint density at radius 3 is 2.67 bits per heavy atom. The minimum Gasteiger partial charge on any atom is -0.326 e. The lowest BCUT2D eigenvalue weighted by Crippen LogP contribution is -2.08. The second-order valence-corrected chi connectivity index (χ2v) is 2.83. The predicted molar refractivity (Wildman–Crippen MR) is 52.8 cm³/mol. The molecule has 0 saturated heterocycles. The molecule has 6 heteroatoms. The highest BCUT2D eigenvalue weighted by molar-refractivity contribution is 5.95. The number of rotatable bonds is 3. The highest BCUT2D eigenvalue weighted by Gasteiger charge is 2.10. The van der Waals surface area contributed by atoms with Crippen LogP contribution in [0.5, 0.6) is 0 Å². The van der Waals surface area contributed by atoms with Crippen LogP contribution in [-0.4, -0.2) is 17.1 Å². The van der Waals surface area contributed by atoms with Gasteiger partial charge in [-0.3, -0.25) is 19.7 Å². The van der Waals surface area contributed by atoms with Crippen LogP contribution in [0.4, 0.5) is 11.4 Å². The minimum absolute atomic E-state index is 0.0828. The van der Waals surface area contributed by atoms with Crippen LogP contribution in [-0.2, 0) is 4.79 Å². The van der Waals surface area contributed by atoms with E-state index in [0.29, 0.717) is 6.29 Å². The van der Waals surface area contributed by atoms with Gasteiger partial charge in [0.15, 0.2) is 6.29 Å². The zero-order valence-electron chi connectivity index (χ0n) is 7.89. The number of amides is 1. The number of aldehydes is 1. The number of carbonyl (C=O) groups excluding carboxylic acids is 2. The predicted octanol–water partition coefficient (Wildman–Crippen LogP) is 1.37. The van der Waals surface area contributed by atoms with E-state index in [4.69, 9.17) is 0 Å². The fourth-order valence-corrected chi connectivity index (χ4v) is 1.06. The second kappa shape index (κ2) is 4.32. The summed E-state index contributed by atoms with van der Waals surface area (Å²) >= 11 is 0. The Morgan fingerprint density at radius 2 is 2.20 bits per heavy atom. The third-order valence-electron chi connectivity index (χ3n) is 1.68. The van der Waals surface area contributed by atoms with Gasteiger partial charge < -0.3 is 5.32 Å². The van der Waals surface area contributed by atoms with Crippen molar-refractivity contribution < 1.29 is 14.5 Å². The SMILES string of the molecule is CC(=O)Nc1ccc([N+](=O)[O-])cc1C=O. The third kappa shape index (κ3) is 2.60. The van der Waals surface area contributed by atoms with Crippen LogP contribution in [0.2, 0.25) is 0 Å². The average Bonchev–Trinajstić information content (AvgIpc) is 2.17. The van der Waals surface area contributed by atoms with Gasteiger partial charge >= 0.3 is 0 Å². The van der Waals surface area contributed by atoms with Crippen LogP contribution >= 0.6 is 0 Å². The van der Waals surface area contributed by atoms with Crippen LogP contribution in [0.1, 0.15) is 17.3 Å². The molecule has 0 fully saturated rings. The Balaban J connectivity index is 3.14. The van der Waals surface area contributed by atoms with E-state index in [1.165, 1.54) is 19.1 Å². The Labute approximate surface area is 85.1 Å². The molecule has 0 atom stereocenters. The van der Waals surface area contributed by atoms with Crippen LogP contribution in [0.25, 0.3) is 0 Å². The number of benzene rings is 1. The first-order chi connectivity index (χ1) is 7.04. The van der Waals surface area contributed by atoms with E-state index in [1.807, 2.05) is 0 Å². The summed E-state index contributed by atoms with van der Waals surface area (Å²) < 4.78 is 0. The molecule has 0 bridgehead atoms. The van der Waals surface area contributed by atoms with Crippen molar-refractivity contribution in [1.29, 1.82) is 0 Å². The van der Waals surface area contributed by atoms with E-state index in [0.717, 1.165) is 6.07 Å². The summed E-state index contributed by atoms with van der Waals surface area (Å²) in [5, 5.41) is 12.8. The smallest absolute Gasteiger partial charge is 0.270 e. The normalized spacial score (nSPS) is 9.40. The summed E-state index contributed by atoms with van der Waals surface area (Å²) in [5.74, 6) is -0.341. The Hall–Kier alpha value is -2.24. The quantitative estimate of drug-likeness (QED) is 0.461. The molecule has 78 valence electrons. The fourth-order valence-electron chi connectivity index (χ4n) is 1.06. The molecule has 0 aliphatic carbocycles. The summed E-state index contributed by atoms with van der Waals surface area (Å²) in [4.78, 5) is 31.1. The van der Waals surface area contributed by atoms with Crippen LogP contribution < -0.4 is 5.32 Å². The van der Waals surface area contributed by atoms with Gasteiger partial charge in [0.05, 0.1) is 10.6 Å². The molecular formula is C9H8N2O4. The zero-order valence-corrected chi connectivity index (χ0v) is 7.89.